The Balaban J connectivity index is 1.33. The van der Waals surface area contributed by atoms with Crippen LogP contribution in [0.15, 0.2) is 102 Å². The van der Waals surface area contributed by atoms with Gasteiger partial charge in [0, 0.05) is 27.9 Å². The van der Waals surface area contributed by atoms with Gasteiger partial charge in [0.1, 0.15) is 11.2 Å². The van der Waals surface area contributed by atoms with Gasteiger partial charge < -0.3 is 4.42 Å². The molecule has 2 nitrogen and oxygen atoms in total. The van der Waals surface area contributed by atoms with Gasteiger partial charge in [-0.15, -0.1) is 0 Å². The Bertz CT molecular complexity index is 1770. The third kappa shape index (κ3) is 2.93. The minimum atomic E-state index is -0.0165. The van der Waals surface area contributed by atoms with Crippen molar-refractivity contribution in [3.05, 3.63) is 114 Å². The van der Waals surface area contributed by atoms with Gasteiger partial charge in [-0.05, 0) is 76.2 Å². The number of nitrogens with zero attached hydrogens (tertiary/aromatic N) is 1. The van der Waals surface area contributed by atoms with Crippen molar-refractivity contribution in [2.24, 2.45) is 0 Å². The Hall–Kier alpha value is -4.17. The van der Waals surface area contributed by atoms with Crippen LogP contribution in [0, 0.1) is 6.92 Å². The number of furan rings is 1. The van der Waals surface area contributed by atoms with Gasteiger partial charge in [-0.3, -0.25) is 4.98 Å². The molecule has 2 aromatic heterocycles. The molecular weight excluding hydrogens is 426 g/mol. The molecule has 0 bridgehead atoms. The Labute approximate surface area is 204 Å². The summed E-state index contributed by atoms with van der Waals surface area (Å²) in [6.45, 7) is 6.74. The molecule has 2 heterocycles. The highest BCUT2D eigenvalue weighted by Crippen LogP contribution is 2.50. The molecule has 0 aliphatic heterocycles. The molecule has 2 heteroatoms. The van der Waals surface area contributed by atoms with Crippen molar-refractivity contribution in [3.8, 4) is 33.5 Å². The molecule has 0 saturated carbocycles. The van der Waals surface area contributed by atoms with Gasteiger partial charge in [0.25, 0.3) is 0 Å². The summed E-state index contributed by atoms with van der Waals surface area (Å²) in [7, 11) is 0. The number of rotatable bonds is 2. The Morgan fingerprint density at radius 2 is 1.37 bits per heavy atom. The van der Waals surface area contributed by atoms with Crippen molar-refractivity contribution in [1.82, 2.24) is 4.98 Å². The van der Waals surface area contributed by atoms with Crippen LogP contribution in [-0.4, -0.2) is 4.98 Å². The number of pyridine rings is 1. The van der Waals surface area contributed by atoms with E-state index in [-0.39, 0.29) is 5.41 Å². The van der Waals surface area contributed by atoms with Crippen molar-refractivity contribution in [2.75, 3.05) is 0 Å². The maximum Gasteiger partial charge on any atom is 0.136 e. The van der Waals surface area contributed by atoms with Crippen molar-refractivity contribution in [2.45, 2.75) is 26.2 Å². The van der Waals surface area contributed by atoms with Crippen LogP contribution in [-0.2, 0) is 5.41 Å². The average molecular weight is 452 g/mol. The topological polar surface area (TPSA) is 26.0 Å². The number of fused-ring (bicyclic) bond motifs is 6. The molecule has 0 amide bonds. The molecule has 0 spiro atoms. The lowest BCUT2D eigenvalue weighted by Gasteiger charge is -2.21. The molecule has 4 aromatic carbocycles. The van der Waals surface area contributed by atoms with E-state index in [1.165, 1.54) is 44.2 Å². The first-order chi connectivity index (χ1) is 17.0. The van der Waals surface area contributed by atoms with Crippen LogP contribution in [0.2, 0.25) is 0 Å². The lowest BCUT2D eigenvalue weighted by atomic mass is 9.82. The van der Waals surface area contributed by atoms with Gasteiger partial charge >= 0.3 is 0 Å². The third-order valence-electron chi connectivity index (χ3n) is 7.68. The second-order valence-corrected chi connectivity index (χ2v) is 10.1. The summed E-state index contributed by atoms with van der Waals surface area (Å²) < 4.78 is 6.42. The van der Waals surface area contributed by atoms with E-state index < -0.39 is 0 Å². The maximum atomic E-state index is 6.42. The lowest BCUT2D eigenvalue weighted by molar-refractivity contribution is 0.658. The summed E-state index contributed by atoms with van der Waals surface area (Å²) in [5.74, 6) is 0. The first-order valence-corrected chi connectivity index (χ1v) is 12.1. The SMILES string of the molecule is Cc1cccnc1-c1ccc(-c2ccc3c(c2)oc2cc4c(cc23)C(C)(C)c2ccccc2-4)cc1. The molecule has 35 heavy (non-hydrogen) atoms. The first-order valence-electron chi connectivity index (χ1n) is 12.1. The van der Waals surface area contributed by atoms with Gasteiger partial charge in [-0.2, -0.15) is 0 Å². The van der Waals surface area contributed by atoms with Crippen molar-refractivity contribution in [1.29, 1.82) is 0 Å². The summed E-state index contributed by atoms with van der Waals surface area (Å²) in [5.41, 5.74) is 12.9. The van der Waals surface area contributed by atoms with Gasteiger partial charge in [-0.1, -0.05) is 74.5 Å². The highest BCUT2D eigenvalue weighted by molar-refractivity contribution is 6.08. The minimum Gasteiger partial charge on any atom is -0.456 e. The number of hydrogen-bond donors (Lipinski definition) is 0. The summed E-state index contributed by atoms with van der Waals surface area (Å²) in [4.78, 5) is 4.55. The molecule has 168 valence electrons. The van der Waals surface area contributed by atoms with Crippen LogP contribution < -0.4 is 0 Å². The van der Waals surface area contributed by atoms with Gasteiger partial charge in [0.05, 0.1) is 5.69 Å². The molecule has 0 N–H and O–H groups in total. The van der Waals surface area contributed by atoms with Crippen LogP contribution in [0.1, 0.15) is 30.5 Å². The number of hydrogen-bond acceptors (Lipinski definition) is 2. The van der Waals surface area contributed by atoms with E-state index in [9.17, 15) is 0 Å². The molecular formula is C33H25NO. The zero-order valence-electron chi connectivity index (χ0n) is 20.1. The molecule has 0 atom stereocenters. The number of aromatic nitrogens is 1. The highest BCUT2D eigenvalue weighted by atomic mass is 16.3. The summed E-state index contributed by atoms with van der Waals surface area (Å²) in [6, 6.07) is 32.6. The van der Waals surface area contributed by atoms with Crippen LogP contribution in [0.5, 0.6) is 0 Å². The van der Waals surface area contributed by atoms with Gasteiger partial charge in [0.15, 0.2) is 0 Å². The molecule has 7 rings (SSSR count). The molecule has 1 aliphatic carbocycles. The Morgan fingerprint density at radius 3 is 2.20 bits per heavy atom. The van der Waals surface area contributed by atoms with Crippen molar-refractivity contribution >= 4 is 21.9 Å². The van der Waals surface area contributed by atoms with E-state index >= 15 is 0 Å². The predicted molar refractivity (Wildman–Crippen MR) is 145 cm³/mol. The van der Waals surface area contributed by atoms with E-state index in [4.69, 9.17) is 4.42 Å². The quantitative estimate of drug-likeness (QED) is 0.263. The number of benzene rings is 4. The lowest BCUT2D eigenvalue weighted by Crippen LogP contribution is -2.14. The fourth-order valence-electron chi connectivity index (χ4n) is 5.76. The fourth-order valence-corrected chi connectivity index (χ4v) is 5.76. The zero-order valence-corrected chi connectivity index (χ0v) is 20.1. The van der Waals surface area contributed by atoms with E-state index in [2.05, 4.69) is 111 Å². The first kappa shape index (κ1) is 20.2. The highest BCUT2D eigenvalue weighted by Gasteiger charge is 2.35. The van der Waals surface area contributed by atoms with E-state index in [1.54, 1.807) is 0 Å². The van der Waals surface area contributed by atoms with E-state index in [0.717, 1.165) is 28.0 Å². The smallest absolute Gasteiger partial charge is 0.136 e. The summed E-state index contributed by atoms with van der Waals surface area (Å²) in [6.07, 6.45) is 1.85. The Morgan fingerprint density at radius 1 is 0.629 bits per heavy atom. The van der Waals surface area contributed by atoms with E-state index in [1.807, 2.05) is 12.3 Å². The monoisotopic (exact) mass is 451 g/mol. The third-order valence-corrected chi connectivity index (χ3v) is 7.68. The van der Waals surface area contributed by atoms with Gasteiger partial charge in [0.2, 0.25) is 0 Å². The minimum absolute atomic E-state index is 0.0165. The summed E-state index contributed by atoms with van der Waals surface area (Å²) in [5, 5.41) is 2.35. The molecule has 0 fully saturated rings. The van der Waals surface area contributed by atoms with Crippen LogP contribution >= 0.6 is 0 Å². The van der Waals surface area contributed by atoms with Crippen molar-refractivity contribution < 1.29 is 4.42 Å². The maximum absolute atomic E-state index is 6.42. The zero-order chi connectivity index (χ0) is 23.7. The second-order valence-electron chi connectivity index (χ2n) is 10.1. The van der Waals surface area contributed by atoms with Crippen LogP contribution in [0.4, 0.5) is 0 Å². The second kappa shape index (κ2) is 7.16. The molecule has 0 saturated heterocycles. The standard InChI is InChI=1S/C33H25NO/c1-20-7-6-16-34-32(20)22-12-10-21(11-13-22)23-14-15-25-27-18-29-26(19-31(27)35-30(25)17-23)24-8-4-5-9-28(24)33(29,2)3/h4-19H,1-3H3. The fraction of sp³-hybridized carbons (Fsp3) is 0.121. The predicted octanol–water partition coefficient (Wildman–Crippen LogP) is 8.93. The largest absolute Gasteiger partial charge is 0.456 e. The number of aryl methyl sites for hydroxylation is 1. The normalized spacial score (nSPS) is 13.8. The van der Waals surface area contributed by atoms with E-state index in [0.29, 0.717) is 0 Å². The summed E-state index contributed by atoms with van der Waals surface area (Å²) >= 11 is 0. The Kier molecular flexibility index (Phi) is 4.14. The van der Waals surface area contributed by atoms with Gasteiger partial charge in [-0.25, -0.2) is 0 Å². The average Bonchev–Trinajstić information content (AvgIpc) is 3.35. The van der Waals surface area contributed by atoms with Crippen LogP contribution in [0.3, 0.4) is 0 Å². The van der Waals surface area contributed by atoms with Crippen molar-refractivity contribution in [3.63, 3.8) is 0 Å². The van der Waals surface area contributed by atoms with Crippen LogP contribution in [0.25, 0.3) is 55.4 Å². The molecule has 1 aliphatic rings. The molecule has 6 aromatic rings. The molecule has 0 unspecified atom stereocenters. The molecule has 0 radical (unpaired) electrons.